The molecule has 4 nitrogen and oxygen atoms in total. The van der Waals surface area contributed by atoms with Crippen LogP contribution in [-0.4, -0.2) is 15.2 Å². The number of para-hydroxylation sites is 2. The lowest BCUT2D eigenvalue weighted by Crippen LogP contribution is -1.89. The minimum Gasteiger partial charge on any atom is -0.504 e. The van der Waals surface area contributed by atoms with Gasteiger partial charge < -0.3 is 15.9 Å². The van der Waals surface area contributed by atoms with Crippen LogP contribution in [0.2, 0.25) is 0 Å². The van der Waals surface area contributed by atoms with Crippen LogP contribution in [0.15, 0.2) is 42.5 Å². The first-order valence-electron chi connectivity index (χ1n) is 4.75. The molecule has 2 rings (SSSR count). The number of nitrogen functional groups attached to an aromatic ring is 1. The molecule has 2 aromatic rings. The molecule has 0 aliphatic rings. The number of hydrogen-bond acceptors (Lipinski definition) is 4. The Hall–Kier alpha value is -2.23. The summed E-state index contributed by atoms with van der Waals surface area (Å²) in [5, 5.41) is 17.3. The zero-order chi connectivity index (χ0) is 12.0. The zero-order valence-corrected chi connectivity index (χ0v) is 8.96. The van der Waals surface area contributed by atoms with Crippen LogP contribution in [0, 0.1) is 6.92 Å². The van der Waals surface area contributed by atoms with E-state index in [0.717, 1.165) is 5.69 Å². The fraction of sp³-hybridized carbons (Fsp3) is 0.0833. The highest BCUT2D eigenvalue weighted by Gasteiger charge is 1.90. The van der Waals surface area contributed by atoms with Gasteiger partial charge in [0.15, 0.2) is 11.5 Å². The number of nitrogens with zero attached hydrogens (tertiary/aromatic N) is 1. The number of aromatic hydroxyl groups is 2. The maximum absolute atomic E-state index is 8.67. The number of aryl methyl sites for hydroxylation is 1. The molecule has 0 radical (unpaired) electrons. The maximum atomic E-state index is 8.67. The molecule has 0 saturated carbocycles. The number of anilines is 1. The van der Waals surface area contributed by atoms with Gasteiger partial charge in [0, 0.05) is 5.69 Å². The second kappa shape index (κ2) is 5.60. The largest absolute Gasteiger partial charge is 0.504 e. The van der Waals surface area contributed by atoms with E-state index in [9.17, 15) is 0 Å². The molecule has 1 heterocycles. The monoisotopic (exact) mass is 218 g/mol. The van der Waals surface area contributed by atoms with Gasteiger partial charge in [0.25, 0.3) is 0 Å². The van der Waals surface area contributed by atoms with Crippen LogP contribution in [-0.2, 0) is 0 Å². The lowest BCUT2D eigenvalue weighted by Gasteiger charge is -1.91. The first kappa shape index (κ1) is 11.8. The first-order valence-corrected chi connectivity index (χ1v) is 4.75. The van der Waals surface area contributed by atoms with Gasteiger partial charge in [-0.1, -0.05) is 18.2 Å². The molecule has 16 heavy (non-hydrogen) atoms. The summed E-state index contributed by atoms with van der Waals surface area (Å²) in [5.74, 6) is 0.435. The number of aromatic nitrogens is 1. The van der Waals surface area contributed by atoms with E-state index in [0.29, 0.717) is 5.82 Å². The van der Waals surface area contributed by atoms with Crippen molar-refractivity contribution in [3.8, 4) is 11.5 Å². The molecule has 1 aromatic carbocycles. The Labute approximate surface area is 94.0 Å². The van der Waals surface area contributed by atoms with E-state index < -0.39 is 0 Å². The number of benzene rings is 1. The average Bonchev–Trinajstić information content (AvgIpc) is 2.23. The first-order chi connectivity index (χ1) is 7.59. The average molecular weight is 218 g/mol. The number of phenolic OH excluding ortho intramolecular Hbond substituents is 2. The summed E-state index contributed by atoms with van der Waals surface area (Å²) < 4.78 is 0. The van der Waals surface area contributed by atoms with Crippen molar-refractivity contribution in [1.29, 1.82) is 0 Å². The molecular weight excluding hydrogens is 204 g/mol. The highest BCUT2D eigenvalue weighted by Crippen LogP contribution is 2.21. The molecule has 0 bridgehead atoms. The van der Waals surface area contributed by atoms with Gasteiger partial charge >= 0.3 is 0 Å². The molecule has 84 valence electrons. The van der Waals surface area contributed by atoms with Crippen LogP contribution in [0.5, 0.6) is 11.5 Å². The van der Waals surface area contributed by atoms with E-state index in [1.807, 2.05) is 19.1 Å². The van der Waals surface area contributed by atoms with E-state index in [4.69, 9.17) is 15.9 Å². The normalized spacial score (nSPS) is 9.06. The molecule has 1 aromatic heterocycles. The molecule has 4 N–H and O–H groups in total. The van der Waals surface area contributed by atoms with Crippen LogP contribution < -0.4 is 5.73 Å². The molecule has 0 atom stereocenters. The third kappa shape index (κ3) is 3.88. The lowest BCUT2D eigenvalue weighted by atomic mass is 10.3. The molecule has 0 fully saturated rings. The Morgan fingerprint density at radius 1 is 0.938 bits per heavy atom. The van der Waals surface area contributed by atoms with Crippen molar-refractivity contribution in [2.45, 2.75) is 6.92 Å². The van der Waals surface area contributed by atoms with Crippen molar-refractivity contribution in [2.24, 2.45) is 0 Å². The standard InChI is InChI=1S/C6H8N2.C6H6O2/c1-5-3-2-4-6(7)8-5;7-5-3-1-2-4-6(5)8/h2-4H,1H3,(H2,7,8);1-4,7-8H. The van der Waals surface area contributed by atoms with Gasteiger partial charge in [0.05, 0.1) is 0 Å². The SMILES string of the molecule is Cc1cccc(N)n1.Oc1ccccc1O. The summed E-state index contributed by atoms with van der Waals surface area (Å²) in [6.07, 6.45) is 0. The third-order valence-electron chi connectivity index (χ3n) is 1.79. The molecule has 0 amide bonds. The van der Waals surface area contributed by atoms with Gasteiger partial charge in [-0.2, -0.15) is 0 Å². The van der Waals surface area contributed by atoms with E-state index in [2.05, 4.69) is 4.98 Å². The third-order valence-corrected chi connectivity index (χ3v) is 1.79. The lowest BCUT2D eigenvalue weighted by molar-refractivity contribution is 0.404. The van der Waals surface area contributed by atoms with Gasteiger partial charge in [0.1, 0.15) is 5.82 Å². The van der Waals surface area contributed by atoms with Crippen molar-refractivity contribution in [3.63, 3.8) is 0 Å². The topological polar surface area (TPSA) is 79.4 Å². The van der Waals surface area contributed by atoms with Crippen molar-refractivity contribution in [1.82, 2.24) is 4.98 Å². The number of nitrogens with two attached hydrogens (primary N) is 1. The number of rotatable bonds is 0. The van der Waals surface area contributed by atoms with E-state index in [-0.39, 0.29) is 11.5 Å². The highest BCUT2D eigenvalue weighted by molar-refractivity contribution is 5.36. The summed E-state index contributed by atoms with van der Waals surface area (Å²) in [5.41, 5.74) is 6.31. The Morgan fingerprint density at radius 3 is 1.81 bits per heavy atom. The van der Waals surface area contributed by atoms with E-state index in [1.165, 1.54) is 12.1 Å². The highest BCUT2D eigenvalue weighted by atomic mass is 16.3. The van der Waals surface area contributed by atoms with Gasteiger partial charge in [-0.25, -0.2) is 4.98 Å². The fourth-order valence-corrected chi connectivity index (χ4v) is 1.03. The molecule has 0 unspecified atom stereocenters. The second-order valence-electron chi connectivity index (χ2n) is 3.19. The smallest absolute Gasteiger partial charge is 0.157 e. The summed E-state index contributed by atoms with van der Waals surface area (Å²) in [7, 11) is 0. The van der Waals surface area contributed by atoms with Crippen LogP contribution in [0.25, 0.3) is 0 Å². The number of phenols is 2. The second-order valence-corrected chi connectivity index (χ2v) is 3.19. The zero-order valence-electron chi connectivity index (χ0n) is 8.96. The summed E-state index contributed by atoms with van der Waals surface area (Å²) >= 11 is 0. The van der Waals surface area contributed by atoms with Crippen molar-refractivity contribution in [3.05, 3.63) is 48.2 Å². The number of pyridine rings is 1. The predicted molar refractivity (Wildman–Crippen MR) is 63.2 cm³/mol. The minimum absolute atomic E-state index is 0.0764. The van der Waals surface area contributed by atoms with Gasteiger partial charge in [0.2, 0.25) is 0 Å². The fourth-order valence-electron chi connectivity index (χ4n) is 1.03. The van der Waals surface area contributed by atoms with Crippen molar-refractivity contribution in [2.75, 3.05) is 5.73 Å². The van der Waals surface area contributed by atoms with Crippen LogP contribution in [0.4, 0.5) is 5.82 Å². The van der Waals surface area contributed by atoms with Crippen LogP contribution in [0.1, 0.15) is 5.69 Å². The van der Waals surface area contributed by atoms with E-state index in [1.54, 1.807) is 18.2 Å². The maximum Gasteiger partial charge on any atom is 0.157 e. The quantitative estimate of drug-likeness (QED) is 0.591. The molecule has 0 aliphatic carbocycles. The predicted octanol–water partition coefficient (Wildman–Crippen LogP) is 2.07. The Bertz CT molecular complexity index is 420. The molecule has 0 spiro atoms. The summed E-state index contributed by atoms with van der Waals surface area (Å²) in [6, 6.07) is 11.7. The Balaban J connectivity index is 0.000000160. The van der Waals surface area contributed by atoms with Crippen LogP contribution in [0.3, 0.4) is 0 Å². The number of hydrogen-bond donors (Lipinski definition) is 3. The molecule has 0 saturated heterocycles. The molecule has 4 heteroatoms. The van der Waals surface area contributed by atoms with Gasteiger partial charge in [-0.3, -0.25) is 0 Å². The van der Waals surface area contributed by atoms with Crippen molar-refractivity contribution < 1.29 is 10.2 Å². The van der Waals surface area contributed by atoms with Crippen LogP contribution >= 0.6 is 0 Å². The van der Waals surface area contributed by atoms with Gasteiger partial charge in [-0.15, -0.1) is 0 Å². The van der Waals surface area contributed by atoms with E-state index >= 15 is 0 Å². The van der Waals surface area contributed by atoms with Crippen molar-refractivity contribution >= 4 is 5.82 Å². The van der Waals surface area contributed by atoms with Gasteiger partial charge in [-0.05, 0) is 31.2 Å². The molecule has 0 aliphatic heterocycles. The summed E-state index contributed by atoms with van der Waals surface area (Å²) in [6.45, 7) is 1.91. The Kier molecular flexibility index (Phi) is 4.15. The molecular formula is C12H14N2O2. The minimum atomic E-state index is -0.0764. The summed E-state index contributed by atoms with van der Waals surface area (Å²) in [4.78, 5) is 3.95. The Morgan fingerprint density at radius 2 is 1.50 bits per heavy atom.